The summed E-state index contributed by atoms with van der Waals surface area (Å²) >= 11 is 0. The third-order valence-electron chi connectivity index (χ3n) is 2.75. The lowest BCUT2D eigenvalue weighted by Crippen LogP contribution is -2.36. The zero-order chi connectivity index (χ0) is 8.27. The molecule has 1 saturated heterocycles. The fourth-order valence-electron chi connectivity index (χ4n) is 1.87. The van der Waals surface area contributed by atoms with Gasteiger partial charge in [0, 0.05) is 12.1 Å². The van der Waals surface area contributed by atoms with Gasteiger partial charge < -0.3 is 5.32 Å². The average Bonchev–Trinajstić information content (AvgIpc) is 1.95. The van der Waals surface area contributed by atoms with Crippen LogP contribution in [0.5, 0.6) is 0 Å². The Kier molecular flexibility index (Phi) is 3.38. The highest BCUT2D eigenvalue weighted by Crippen LogP contribution is 2.18. The van der Waals surface area contributed by atoms with Crippen LogP contribution in [0.15, 0.2) is 0 Å². The standard InChI is InChI=1S/C10H21N/c1-8-4-6-9(2)11-10(3)7-5-8/h8-11H,4-7H2,1-3H3. The second-order valence-corrected chi connectivity index (χ2v) is 4.23. The molecule has 0 aromatic rings. The molecular weight excluding hydrogens is 134 g/mol. The minimum atomic E-state index is 0.729. The van der Waals surface area contributed by atoms with Gasteiger partial charge in [-0.25, -0.2) is 0 Å². The number of hydrogen-bond donors (Lipinski definition) is 1. The smallest absolute Gasteiger partial charge is 0.00413 e. The van der Waals surface area contributed by atoms with E-state index in [0.29, 0.717) is 0 Å². The molecule has 0 radical (unpaired) electrons. The Morgan fingerprint density at radius 2 is 1.27 bits per heavy atom. The zero-order valence-electron chi connectivity index (χ0n) is 8.06. The Balaban J connectivity index is 2.34. The van der Waals surface area contributed by atoms with E-state index >= 15 is 0 Å². The second kappa shape index (κ2) is 4.10. The molecule has 0 bridgehead atoms. The summed E-state index contributed by atoms with van der Waals surface area (Å²) < 4.78 is 0. The first-order valence-corrected chi connectivity index (χ1v) is 4.94. The van der Waals surface area contributed by atoms with Gasteiger partial charge in [0.15, 0.2) is 0 Å². The van der Waals surface area contributed by atoms with E-state index in [1.165, 1.54) is 25.7 Å². The van der Waals surface area contributed by atoms with Crippen LogP contribution in [0.3, 0.4) is 0 Å². The average molecular weight is 155 g/mol. The van der Waals surface area contributed by atoms with Crippen LogP contribution in [-0.2, 0) is 0 Å². The minimum absolute atomic E-state index is 0.729. The van der Waals surface area contributed by atoms with Gasteiger partial charge >= 0.3 is 0 Å². The quantitative estimate of drug-likeness (QED) is 0.567. The van der Waals surface area contributed by atoms with Crippen molar-refractivity contribution in [1.29, 1.82) is 0 Å². The summed E-state index contributed by atoms with van der Waals surface area (Å²) in [7, 11) is 0. The molecule has 0 amide bonds. The molecule has 0 aromatic carbocycles. The maximum atomic E-state index is 3.60. The molecule has 1 rings (SSSR count). The highest BCUT2D eigenvalue weighted by molar-refractivity contribution is 4.73. The molecule has 1 heterocycles. The molecule has 1 aliphatic heterocycles. The molecule has 0 spiro atoms. The first kappa shape index (κ1) is 9.05. The molecule has 66 valence electrons. The van der Waals surface area contributed by atoms with E-state index in [1.54, 1.807) is 0 Å². The van der Waals surface area contributed by atoms with Crippen LogP contribution in [0, 0.1) is 5.92 Å². The largest absolute Gasteiger partial charge is 0.312 e. The Hall–Kier alpha value is -0.0400. The third-order valence-corrected chi connectivity index (χ3v) is 2.75. The summed E-state index contributed by atoms with van der Waals surface area (Å²) in [4.78, 5) is 0. The summed E-state index contributed by atoms with van der Waals surface area (Å²) in [6.45, 7) is 6.98. The monoisotopic (exact) mass is 155 g/mol. The van der Waals surface area contributed by atoms with Crippen LogP contribution < -0.4 is 5.32 Å². The molecule has 0 aliphatic carbocycles. The molecule has 2 unspecified atom stereocenters. The van der Waals surface area contributed by atoms with E-state index in [1.807, 2.05) is 0 Å². The number of hydrogen-bond acceptors (Lipinski definition) is 1. The van der Waals surface area contributed by atoms with Crippen LogP contribution in [0.25, 0.3) is 0 Å². The molecule has 1 N–H and O–H groups in total. The van der Waals surface area contributed by atoms with Crippen LogP contribution in [-0.4, -0.2) is 12.1 Å². The van der Waals surface area contributed by atoms with Crippen molar-refractivity contribution < 1.29 is 0 Å². The van der Waals surface area contributed by atoms with Gasteiger partial charge in [0.25, 0.3) is 0 Å². The van der Waals surface area contributed by atoms with Gasteiger partial charge in [0.2, 0.25) is 0 Å². The van der Waals surface area contributed by atoms with Crippen LogP contribution >= 0.6 is 0 Å². The van der Waals surface area contributed by atoms with Gasteiger partial charge in [0.05, 0.1) is 0 Å². The lowest BCUT2D eigenvalue weighted by Gasteiger charge is -2.26. The van der Waals surface area contributed by atoms with Crippen molar-refractivity contribution in [3.05, 3.63) is 0 Å². The van der Waals surface area contributed by atoms with Gasteiger partial charge in [-0.05, 0) is 45.4 Å². The topological polar surface area (TPSA) is 12.0 Å². The van der Waals surface area contributed by atoms with Crippen LogP contribution in [0.1, 0.15) is 46.5 Å². The molecule has 1 aliphatic rings. The Morgan fingerprint density at radius 1 is 0.818 bits per heavy atom. The van der Waals surface area contributed by atoms with Gasteiger partial charge in [0.1, 0.15) is 0 Å². The molecule has 11 heavy (non-hydrogen) atoms. The molecule has 2 atom stereocenters. The Morgan fingerprint density at radius 3 is 1.73 bits per heavy atom. The third kappa shape index (κ3) is 3.24. The predicted octanol–water partition coefficient (Wildman–Crippen LogP) is 2.56. The number of nitrogens with one attached hydrogen (secondary N) is 1. The highest BCUT2D eigenvalue weighted by atomic mass is 14.9. The molecule has 0 aromatic heterocycles. The van der Waals surface area contributed by atoms with Crippen molar-refractivity contribution in [2.45, 2.75) is 58.5 Å². The van der Waals surface area contributed by atoms with Crippen molar-refractivity contribution in [3.63, 3.8) is 0 Å². The van der Waals surface area contributed by atoms with Gasteiger partial charge in [-0.3, -0.25) is 0 Å². The summed E-state index contributed by atoms with van der Waals surface area (Å²) in [5.41, 5.74) is 0. The molecule has 1 fully saturated rings. The normalized spacial score (nSPS) is 41.2. The Labute approximate surface area is 70.6 Å². The van der Waals surface area contributed by atoms with Crippen molar-refractivity contribution in [1.82, 2.24) is 5.32 Å². The van der Waals surface area contributed by atoms with E-state index < -0.39 is 0 Å². The summed E-state index contributed by atoms with van der Waals surface area (Å²) in [5, 5.41) is 3.60. The lowest BCUT2D eigenvalue weighted by molar-refractivity contribution is 0.323. The van der Waals surface area contributed by atoms with Crippen LogP contribution in [0.4, 0.5) is 0 Å². The van der Waals surface area contributed by atoms with Crippen molar-refractivity contribution in [2.75, 3.05) is 0 Å². The highest BCUT2D eigenvalue weighted by Gasteiger charge is 2.14. The van der Waals surface area contributed by atoms with Gasteiger partial charge in [-0.15, -0.1) is 0 Å². The summed E-state index contributed by atoms with van der Waals surface area (Å²) in [6.07, 6.45) is 5.51. The minimum Gasteiger partial charge on any atom is -0.312 e. The maximum Gasteiger partial charge on any atom is 0.00413 e. The van der Waals surface area contributed by atoms with Gasteiger partial charge in [-0.1, -0.05) is 6.92 Å². The van der Waals surface area contributed by atoms with Crippen LogP contribution in [0.2, 0.25) is 0 Å². The predicted molar refractivity (Wildman–Crippen MR) is 49.7 cm³/mol. The number of rotatable bonds is 0. The molecule has 1 heteroatoms. The van der Waals surface area contributed by atoms with E-state index in [0.717, 1.165) is 18.0 Å². The van der Waals surface area contributed by atoms with Crippen molar-refractivity contribution >= 4 is 0 Å². The fourth-order valence-corrected chi connectivity index (χ4v) is 1.87. The molecule has 0 saturated carbocycles. The van der Waals surface area contributed by atoms with Gasteiger partial charge in [-0.2, -0.15) is 0 Å². The molecular formula is C10H21N. The first-order valence-electron chi connectivity index (χ1n) is 4.94. The van der Waals surface area contributed by atoms with Crippen molar-refractivity contribution in [2.24, 2.45) is 5.92 Å². The zero-order valence-corrected chi connectivity index (χ0v) is 8.06. The lowest BCUT2D eigenvalue weighted by atomic mass is 9.93. The van der Waals surface area contributed by atoms with Crippen molar-refractivity contribution in [3.8, 4) is 0 Å². The fraction of sp³-hybridized carbons (Fsp3) is 1.00. The first-order chi connectivity index (χ1) is 5.18. The SMILES string of the molecule is CC1CCC(C)NC(C)CC1. The summed E-state index contributed by atoms with van der Waals surface area (Å²) in [5.74, 6) is 0.946. The van der Waals surface area contributed by atoms with E-state index in [2.05, 4.69) is 26.1 Å². The van der Waals surface area contributed by atoms with E-state index in [9.17, 15) is 0 Å². The Bertz CT molecular complexity index is 99.4. The van der Waals surface area contributed by atoms with E-state index in [4.69, 9.17) is 0 Å². The molecule has 1 nitrogen and oxygen atoms in total. The maximum absolute atomic E-state index is 3.60. The van der Waals surface area contributed by atoms with E-state index in [-0.39, 0.29) is 0 Å². The second-order valence-electron chi connectivity index (χ2n) is 4.23. The summed E-state index contributed by atoms with van der Waals surface area (Å²) in [6, 6.07) is 1.46.